The van der Waals surface area contributed by atoms with E-state index in [2.05, 4.69) is 32.2 Å². The second-order valence-electron chi connectivity index (χ2n) is 4.74. The molecule has 1 aromatic rings. The van der Waals surface area contributed by atoms with E-state index in [1.165, 1.54) is 0 Å². The summed E-state index contributed by atoms with van der Waals surface area (Å²) >= 11 is 3.38. The minimum atomic E-state index is 0.0276. The maximum Gasteiger partial charge on any atom is 0.217 e. The first-order valence-corrected chi connectivity index (χ1v) is 7.11. The number of halogens is 1. The van der Waals surface area contributed by atoms with Gasteiger partial charge < -0.3 is 10.2 Å². The summed E-state index contributed by atoms with van der Waals surface area (Å²) in [5.41, 5.74) is 1.67. The molecule has 0 aromatic heterocycles. The molecule has 1 N–H and O–H groups in total. The van der Waals surface area contributed by atoms with Crippen molar-refractivity contribution >= 4 is 27.5 Å². The third kappa shape index (κ3) is 3.48. The Morgan fingerprint density at radius 3 is 2.74 bits per heavy atom. The summed E-state index contributed by atoms with van der Waals surface area (Å²) in [6, 6.07) is 8.27. The highest BCUT2D eigenvalue weighted by Crippen LogP contribution is 2.26. The number of nitriles is 1. The molecule has 19 heavy (non-hydrogen) atoms. The van der Waals surface area contributed by atoms with Gasteiger partial charge in [-0.25, -0.2) is 0 Å². The molecule has 0 unspecified atom stereocenters. The van der Waals surface area contributed by atoms with Gasteiger partial charge in [-0.3, -0.25) is 4.79 Å². The van der Waals surface area contributed by atoms with Crippen LogP contribution in [0.3, 0.4) is 0 Å². The smallest absolute Gasteiger partial charge is 0.217 e. The molecule has 1 aliphatic rings. The summed E-state index contributed by atoms with van der Waals surface area (Å²) in [4.78, 5) is 13.2. The van der Waals surface area contributed by atoms with Gasteiger partial charge in [-0.2, -0.15) is 5.26 Å². The summed E-state index contributed by atoms with van der Waals surface area (Å²) in [5.74, 6) is 0.0276. The maximum atomic E-state index is 11.0. The van der Waals surface area contributed by atoms with Crippen molar-refractivity contribution in [3.63, 3.8) is 0 Å². The van der Waals surface area contributed by atoms with Crippen molar-refractivity contribution in [1.82, 2.24) is 5.32 Å². The van der Waals surface area contributed by atoms with E-state index in [1.54, 1.807) is 6.92 Å². The molecule has 0 aliphatic carbocycles. The first-order valence-electron chi connectivity index (χ1n) is 6.32. The molecule has 1 saturated heterocycles. The van der Waals surface area contributed by atoms with E-state index >= 15 is 0 Å². The van der Waals surface area contributed by atoms with Crippen molar-refractivity contribution in [2.24, 2.45) is 0 Å². The van der Waals surface area contributed by atoms with Crippen LogP contribution < -0.4 is 10.2 Å². The molecule has 2 rings (SSSR count). The fourth-order valence-corrected chi connectivity index (χ4v) is 2.79. The van der Waals surface area contributed by atoms with Crippen LogP contribution in [0.5, 0.6) is 0 Å². The number of nitrogens with zero attached hydrogens (tertiary/aromatic N) is 2. The molecular formula is C14H16BrN3O. The zero-order valence-corrected chi connectivity index (χ0v) is 12.4. The standard InChI is InChI=1S/C14H16BrN3O/c1-10(19)17-13-4-6-18(7-5-13)14-3-2-12(15)8-11(14)9-16/h2-3,8,13H,4-7H2,1H3,(H,17,19). The van der Waals surface area contributed by atoms with Gasteiger partial charge in [0.15, 0.2) is 0 Å². The molecule has 0 saturated carbocycles. The van der Waals surface area contributed by atoms with E-state index < -0.39 is 0 Å². The zero-order valence-electron chi connectivity index (χ0n) is 10.8. The van der Waals surface area contributed by atoms with Crippen LogP contribution in [0.2, 0.25) is 0 Å². The molecule has 100 valence electrons. The number of hydrogen-bond acceptors (Lipinski definition) is 3. The molecule has 5 heteroatoms. The molecule has 1 aliphatic heterocycles. The van der Waals surface area contributed by atoms with Gasteiger partial charge in [0.05, 0.1) is 11.3 Å². The highest BCUT2D eigenvalue weighted by atomic mass is 79.9. The Bertz CT molecular complexity index is 516. The highest BCUT2D eigenvalue weighted by molar-refractivity contribution is 9.10. The third-order valence-electron chi connectivity index (χ3n) is 3.32. The normalized spacial score (nSPS) is 15.9. The third-order valence-corrected chi connectivity index (χ3v) is 3.82. The summed E-state index contributed by atoms with van der Waals surface area (Å²) in [7, 11) is 0. The molecule has 0 atom stereocenters. The summed E-state index contributed by atoms with van der Waals surface area (Å²) in [5, 5.41) is 12.1. The van der Waals surface area contributed by atoms with E-state index in [0.717, 1.165) is 36.1 Å². The Labute approximate surface area is 121 Å². The Morgan fingerprint density at radius 2 is 2.16 bits per heavy atom. The van der Waals surface area contributed by atoms with Crippen LogP contribution in [-0.2, 0) is 4.79 Å². The van der Waals surface area contributed by atoms with Crippen LogP contribution in [0.4, 0.5) is 5.69 Å². The van der Waals surface area contributed by atoms with E-state index in [0.29, 0.717) is 5.56 Å². The summed E-state index contributed by atoms with van der Waals surface area (Å²) in [6.07, 6.45) is 1.83. The number of nitrogens with one attached hydrogen (secondary N) is 1. The Hall–Kier alpha value is -1.54. The van der Waals surface area contributed by atoms with Crippen molar-refractivity contribution in [3.05, 3.63) is 28.2 Å². The quantitative estimate of drug-likeness (QED) is 0.910. The number of rotatable bonds is 2. The number of benzene rings is 1. The van der Waals surface area contributed by atoms with E-state index in [1.807, 2.05) is 18.2 Å². The maximum absolute atomic E-state index is 11.0. The zero-order chi connectivity index (χ0) is 13.8. The summed E-state index contributed by atoms with van der Waals surface area (Å²) < 4.78 is 0.918. The van der Waals surface area contributed by atoms with Crippen molar-refractivity contribution < 1.29 is 4.79 Å². The molecular weight excluding hydrogens is 306 g/mol. The molecule has 4 nitrogen and oxygen atoms in total. The number of carbonyl (C=O) groups excluding carboxylic acids is 1. The molecule has 1 heterocycles. The number of hydrogen-bond donors (Lipinski definition) is 1. The van der Waals surface area contributed by atoms with Gasteiger partial charge >= 0.3 is 0 Å². The van der Waals surface area contributed by atoms with Crippen LogP contribution in [0, 0.1) is 11.3 Å². The predicted octanol–water partition coefficient (Wildman–Crippen LogP) is 2.43. The molecule has 1 aromatic carbocycles. The van der Waals surface area contributed by atoms with Crippen LogP contribution in [0.25, 0.3) is 0 Å². The Morgan fingerprint density at radius 1 is 1.47 bits per heavy atom. The lowest BCUT2D eigenvalue weighted by Gasteiger charge is -2.34. The van der Waals surface area contributed by atoms with Gasteiger partial charge in [0, 0.05) is 30.5 Å². The Balaban J connectivity index is 2.06. The fraction of sp³-hybridized carbons (Fsp3) is 0.429. The van der Waals surface area contributed by atoms with Gasteiger partial charge in [0.1, 0.15) is 6.07 Å². The lowest BCUT2D eigenvalue weighted by molar-refractivity contribution is -0.119. The monoisotopic (exact) mass is 321 g/mol. The van der Waals surface area contributed by atoms with Gasteiger partial charge in [-0.15, -0.1) is 0 Å². The van der Waals surface area contributed by atoms with Gasteiger partial charge in [0.2, 0.25) is 5.91 Å². The summed E-state index contributed by atoms with van der Waals surface area (Å²) in [6.45, 7) is 3.28. The van der Waals surface area contributed by atoms with Gasteiger partial charge in [-0.1, -0.05) is 15.9 Å². The van der Waals surface area contributed by atoms with Crippen molar-refractivity contribution in [1.29, 1.82) is 5.26 Å². The number of piperidine rings is 1. The average Bonchev–Trinajstić information content (AvgIpc) is 2.39. The van der Waals surface area contributed by atoms with E-state index in [4.69, 9.17) is 0 Å². The minimum Gasteiger partial charge on any atom is -0.370 e. The van der Waals surface area contributed by atoms with Crippen molar-refractivity contribution in [3.8, 4) is 6.07 Å². The SMILES string of the molecule is CC(=O)NC1CCN(c2ccc(Br)cc2C#N)CC1. The fourth-order valence-electron chi connectivity index (χ4n) is 2.43. The predicted molar refractivity (Wildman–Crippen MR) is 77.9 cm³/mol. The number of carbonyl (C=O) groups is 1. The van der Waals surface area contributed by atoms with Crippen LogP contribution in [-0.4, -0.2) is 25.0 Å². The van der Waals surface area contributed by atoms with Crippen molar-refractivity contribution in [2.75, 3.05) is 18.0 Å². The molecule has 0 bridgehead atoms. The van der Waals surface area contributed by atoms with Crippen molar-refractivity contribution in [2.45, 2.75) is 25.8 Å². The lowest BCUT2D eigenvalue weighted by Crippen LogP contribution is -2.44. The second-order valence-corrected chi connectivity index (χ2v) is 5.65. The lowest BCUT2D eigenvalue weighted by atomic mass is 10.0. The van der Waals surface area contributed by atoms with Crippen LogP contribution in [0.15, 0.2) is 22.7 Å². The molecule has 1 amide bonds. The molecule has 0 radical (unpaired) electrons. The first kappa shape index (κ1) is 13.9. The van der Waals surface area contributed by atoms with Crippen LogP contribution in [0.1, 0.15) is 25.3 Å². The van der Waals surface area contributed by atoms with Crippen LogP contribution >= 0.6 is 15.9 Å². The molecule has 1 fully saturated rings. The topological polar surface area (TPSA) is 56.1 Å². The van der Waals surface area contributed by atoms with Gasteiger partial charge in [0.25, 0.3) is 0 Å². The Kier molecular flexibility index (Phi) is 4.43. The van der Waals surface area contributed by atoms with E-state index in [9.17, 15) is 10.1 Å². The number of anilines is 1. The van der Waals surface area contributed by atoms with E-state index in [-0.39, 0.29) is 11.9 Å². The molecule has 0 spiro atoms. The second kappa shape index (κ2) is 6.07. The first-order chi connectivity index (χ1) is 9.10. The van der Waals surface area contributed by atoms with Gasteiger partial charge in [-0.05, 0) is 31.0 Å². The largest absolute Gasteiger partial charge is 0.370 e. The average molecular weight is 322 g/mol. The number of amides is 1. The highest BCUT2D eigenvalue weighted by Gasteiger charge is 2.21. The minimum absolute atomic E-state index is 0.0276.